The van der Waals surface area contributed by atoms with Gasteiger partial charge in [-0.2, -0.15) is 0 Å². The quantitative estimate of drug-likeness (QED) is 0.235. The van der Waals surface area contributed by atoms with E-state index in [1.54, 1.807) is 12.1 Å². The van der Waals surface area contributed by atoms with Crippen molar-refractivity contribution >= 4 is 23.1 Å². The van der Waals surface area contributed by atoms with Crippen LogP contribution in [-0.4, -0.2) is 18.3 Å². The minimum atomic E-state index is -0.568. The number of halogens is 1. The Morgan fingerprint density at radius 3 is 2.31 bits per heavy atom. The minimum absolute atomic E-state index is 0.00197. The number of nitrogens with zero attached hydrogens (tertiary/aromatic N) is 1. The van der Waals surface area contributed by atoms with E-state index < -0.39 is 6.04 Å². The SMILES string of the molecule is CCCCCOc1ccc(C2C3=C(CC(c4ccc(F)cc4)CC3=O)Nc3ccccc3N2C(=O)CCCCC)cc1. The molecule has 0 spiro atoms. The van der Waals surface area contributed by atoms with E-state index in [4.69, 9.17) is 4.74 Å². The van der Waals surface area contributed by atoms with E-state index in [0.717, 1.165) is 72.5 Å². The van der Waals surface area contributed by atoms with E-state index >= 15 is 0 Å². The maximum atomic E-state index is 14.1. The number of allylic oxidation sites excluding steroid dienone is 1. The molecule has 0 saturated heterocycles. The Hall–Kier alpha value is -3.93. The summed E-state index contributed by atoms with van der Waals surface area (Å²) < 4.78 is 19.7. The molecule has 1 aliphatic carbocycles. The molecule has 220 valence electrons. The molecule has 5 rings (SSSR count). The molecule has 2 atom stereocenters. The van der Waals surface area contributed by atoms with Gasteiger partial charge in [0.05, 0.1) is 24.0 Å². The second-order valence-electron chi connectivity index (χ2n) is 11.4. The first-order chi connectivity index (χ1) is 20.5. The largest absolute Gasteiger partial charge is 0.494 e. The van der Waals surface area contributed by atoms with Crippen molar-refractivity contribution in [2.24, 2.45) is 0 Å². The molecule has 1 aliphatic heterocycles. The summed E-state index contributed by atoms with van der Waals surface area (Å²) in [6.07, 6.45) is 7.35. The predicted molar refractivity (Wildman–Crippen MR) is 166 cm³/mol. The maximum absolute atomic E-state index is 14.1. The number of ether oxygens (including phenoxy) is 1. The van der Waals surface area contributed by atoms with Gasteiger partial charge in [0.2, 0.25) is 5.91 Å². The molecule has 2 unspecified atom stereocenters. The van der Waals surface area contributed by atoms with Crippen molar-refractivity contribution in [3.63, 3.8) is 0 Å². The molecule has 5 nitrogen and oxygen atoms in total. The van der Waals surface area contributed by atoms with Crippen LogP contribution in [0.3, 0.4) is 0 Å². The van der Waals surface area contributed by atoms with Crippen LogP contribution in [-0.2, 0) is 9.59 Å². The molecular formula is C36H41FN2O3. The molecule has 1 amide bonds. The number of fused-ring (bicyclic) bond motifs is 1. The number of carbonyl (C=O) groups is 2. The maximum Gasteiger partial charge on any atom is 0.227 e. The third-order valence-corrected chi connectivity index (χ3v) is 8.31. The first-order valence-corrected chi connectivity index (χ1v) is 15.4. The van der Waals surface area contributed by atoms with E-state index in [1.165, 1.54) is 12.1 Å². The lowest BCUT2D eigenvalue weighted by atomic mass is 9.78. The van der Waals surface area contributed by atoms with Crippen LogP contribution in [0, 0.1) is 5.82 Å². The summed E-state index contributed by atoms with van der Waals surface area (Å²) in [5, 5.41) is 3.57. The topological polar surface area (TPSA) is 58.6 Å². The van der Waals surface area contributed by atoms with Gasteiger partial charge in [0.25, 0.3) is 0 Å². The molecule has 6 heteroatoms. The number of benzene rings is 3. The molecule has 0 bridgehead atoms. The highest BCUT2D eigenvalue weighted by Gasteiger charge is 2.41. The molecule has 1 heterocycles. The second kappa shape index (κ2) is 13.8. The number of nitrogens with one attached hydrogen (secondary N) is 1. The summed E-state index contributed by atoms with van der Waals surface area (Å²) in [6, 6.07) is 21.5. The Balaban J connectivity index is 1.57. The predicted octanol–water partition coefficient (Wildman–Crippen LogP) is 8.88. The molecule has 1 N–H and O–H groups in total. The molecule has 0 saturated carbocycles. The fourth-order valence-electron chi connectivity index (χ4n) is 6.09. The summed E-state index contributed by atoms with van der Waals surface area (Å²) in [5.74, 6) is 0.413. The van der Waals surface area contributed by atoms with Crippen LogP contribution in [0.15, 0.2) is 84.1 Å². The lowest BCUT2D eigenvalue weighted by Crippen LogP contribution is -2.38. The summed E-state index contributed by atoms with van der Waals surface area (Å²) in [4.78, 5) is 30.0. The van der Waals surface area contributed by atoms with Crippen LogP contribution in [0.4, 0.5) is 15.8 Å². The average molecular weight is 569 g/mol. The summed E-state index contributed by atoms with van der Waals surface area (Å²) in [5.41, 5.74) is 4.83. The van der Waals surface area contributed by atoms with Crippen molar-refractivity contribution in [2.75, 3.05) is 16.8 Å². The zero-order valence-corrected chi connectivity index (χ0v) is 24.7. The number of carbonyl (C=O) groups excluding carboxylic acids is 2. The number of hydrogen-bond donors (Lipinski definition) is 1. The van der Waals surface area contributed by atoms with Gasteiger partial charge in [0.1, 0.15) is 11.6 Å². The highest BCUT2D eigenvalue weighted by atomic mass is 19.1. The first kappa shape index (κ1) is 29.6. The third kappa shape index (κ3) is 6.59. The molecule has 0 radical (unpaired) electrons. The van der Waals surface area contributed by atoms with Gasteiger partial charge in [-0.05, 0) is 72.7 Å². The standard InChI is InChI=1S/C36H41FN2O3/c1-3-5-7-13-34(41)39-32-12-9-8-11-30(32)38-31-23-27(25-14-18-28(37)19-15-25)24-33(40)35(31)36(39)26-16-20-29(21-17-26)42-22-10-6-4-2/h8-9,11-12,14-21,27,36,38H,3-7,10,13,22-24H2,1-2H3. The molecule has 3 aromatic carbocycles. The number of para-hydroxylation sites is 2. The number of amides is 1. The fourth-order valence-corrected chi connectivity index (χ4v) is 6.09. The highest BCUT2D eigenvalue weighted by molar-refractivity contribution is 6.06. The number of ketones is 1. The zero-order chi connectivity index (χ0) is 29.5. The van der Waals surface area contributed by atoms with E-state index in [1.807, 2.05) is 53.4 Å². The van der Waals surface area contributed by atoms with Gasteiger partial charge >= 0.3 is 0 Å². The number of unbranched alkanes of at least 4 members (excludes halogenated alkanes) is 4. The molecule has 3 aromatic rings. The number of Topliss-reactive ketones (excluding diaryl/α,β-unsaturated/α-hetero) is 1. The fraction of sp³-hybridized carbons (Fsp3) is 0.389. The first-order valence-electron chi connectivity index (χ1n) is 15.4. The van der Waals surface area contributed by atoms with Crippen LogP contribution in [0.2, 0.25) is 0 Å². The Labute approximate surface area is 248 Å². The Morgan fingerprint density at radius 2 is 1.57 bits per heavy atom. The zero-order valence-electron chi connectivity index (χ0n) is 24.7. The summed E-state index contributed by atoms with van der Waals surface area (Å²) >= 11 is 0. The number of hydrogen-bond acceptors (Lipinski definition) is 4. The van der Waals surface area contributed by atoms with Crippen LogP contribution in [0.1, 0.15) is 94.7 Å². The minimum Gasteiger partial charge on any atom is -0.494 e. The third-order valence-electron chi connectivity index (χ3n) is 8.31. The lowest BCUT2D eigenvalue weighted by molar-refractivity contribution is -0.119. The Kier molecular flexibility index (Phi) is 9.73. The van der Waals surface area contributed by atoms with Gasteiger partial charge in [0, 0.05) is 24.1 Å². The lowest BCUT2D eigenvalue weighted by Gasteiger charge is -2.35. The van der Waals surface area contributed by atoms with Crippen molar-refractivity contribution in [3.8, 4) is 5.75 Å². The van der Waals surface area contributed by atoms with E-state index in [2.05, 4.69) is 19.2 Å². The van der Waals surface area contributed by atoms with Gasteiger partial charge in [-0.3, -0.25) is 14.5 Å². The molecule has 0 fully saturated rings. The van der Waals surface area contributed by atoms with Crippen LogP contribution in [0.25, 0.3) is 0 Å². The number of anilines is 2. The molecule has 42 heavy (non-hydrogen) atoms. The summed E-state index contributed by atoms with van der Waals surface area (Å²) in [6.45, 7) is 4.95. The molecule has 2 aliphatic rings. The van der Waals surface area contributed by atoms with Gasteiger partial charge in [-0.25, -0.2) is 4.39 Å². The van der Waals surface area contributed by atoms with E-state index in [9.17, 15) is 14.0 Å². The van der Waals surface area contributed by atoms with Crippen molar-refractivity contribution in [1.82, 2.24) is 0 Å². The van der Waals surface area contributed by atoms with Gasteiger partial charge in [-0.15, -0.1) is 0 Å². The van der Waals surface area contributed by atoms with E-state index in [-0.39, 0.29) is 23.4 Å². The van der Waals surface area contributed by atoms with Crippen LogP contribution < -0.4 is 15.0 Å². The molecule has 0 aromatic heterocycles. The van der Waals surface area contributed by atoms with Crippen LogP contribution >= 0.6 is 0 Å². The Bertz CT molecular complexity index is 1410. The highest BCUT2D eigenvalue weighted by Crippen LogP contribution is 2.47. The smallest absolute Gasteiger partial charge is 0.227 e. The van der Waals surface area contributed by atoms with Crippen molar-refractivity contribution < 1.29 is 18.7 Å². The van der Waals surface area contributed by atoms with Crippen LogP contribution in [0.5, 0.6) is 5.75 Å². The normalized spacial score (nSPS) is 18.2. The molecular weight excluding hydrogens is 527 g/mol. The summed E-state index contributed by atoms with van der Waals surface area (Å²) in [7, 11) is 0. The second-order valence-corrected chi connectivity index (χ2v) is 11.4. The van der Waals surface area contributed by atoms with Crippen molar-refractivity contribution in [3.05, 3.63) is 101 Å². The van der Waals surface area contributed by atoms with E-state index in [0.29, 0.717) is 31.4 Å². The van der Waals surface area contributed by atoms with Crippen molar-refractivity contribution in [2.45, 2.75) is 83.6 Å². The van der Waals surface area contributed by atoms with Crippen molar-refractivity contribution in [1.29, 1.82) is 0 Å². The van der Waals surface area contributed by atoms with Gasteiger partial charge in [0.15, 0.2) is 5.78 Å². The van der Waals surface area contributed by atoms with Gasteiger partial charge < -0.3 is 10.1 Å². The Morgan fingerprint density at radius 1 is 0.881 bits per heavy atom. The van der Waals surface area contributed by atoms with Gasteiger partial charge in [-0.1, -0.05) is 75.9 Å². The average Bonchev–Trinajstić information content (AvgIpc) is 3.15. The monoisotopic (exact) mass is 568 g/mol. The number of rotatable bonds is 11.